The number of hydrogen-bond acceptors (Lipinski definition) is 5. The summed E-state index contributed by atoms with van der Waals surface area (Å²) < 4.78 is 0. The Kier molecular flexibility index (Phi) is 4.51. The zero-order valence-corrected chi connectivity index (χ0v) is 11.6. The Morgan fingerprint density at radius 2 is 2.06 bits per heavy atom. The van der Waals surface area contributed by atoms with Gasteiger partial charge in [0.25, 0.3) is 0 Å². The first-order chi connectivity index (χ1) is 7.51. The van der Waals surface area contributed by atoms with Crippen LogP contribution >= 0.6 is 23.1 Å². The second kappa shape index (κ2) is 5.46. The largest absolute Gasteiger partial charge is 0.396 e. The molecule has 0 bridgehead atoms. The lowest BCUT2D eigenvalue weighted by molar-refractivity contribution is 0.560. The molecule has 0 aliphatic carbocycles. The highest BCUT2D eigenvalue weighted by molar-refractivity contribution is 7.99. The first-order valence-electron chi connectivity index (χ1n) is 5.14. The molecular formula is C11H17N3S2. The predicted octanol–water partition coefficient (Wildman–Crippen LogP) is 3.38. The predicted molar refractivity (Wildman–Crippen MR) is 73.2 cm³/mol. The summed E-state index contributed by atoms with van der Waals surface area (Å²) in [7, 11) is 0. The van der Waals surface area contributed by atoms with Crippen LogP contribution in [0, 0.1) is 17.2 Å². The van der Waals surface area contributed by atoms with Crippen molar-refractivity contribution in [2.45, 2.75) is 31.7 Å². The number of nitrogens with zero attached hydrogens (tertiary/aromatic N) is 1. The first-order valence-corrected chi connectivity index (χ1v) is 7.18. The van der Waals surface area contributed by atoms with Gasteiger partial charge >= 0.3 is 0 Å². The van der Waals surface area contributed by atoms with Gasteiger partial charge in [0.15, 0.2) is 0 Å². The van der Waals surface area contributed by atoms with Crippen LogP contribution in [-0.4, -0.2) is 12.3 Å². The van der Waals surface area contributed by atoms with Crippen LogP contribution in [0.3, 0.4) is 0 Å². The normalized spacial score (nSPS) is 12.5. The molecule has 1 aromatic rings. The fourth-order valence-electron chi connectivity index (χ4n) is 1.18. The maximum absolute atomic E-state index is 8.94. The van der Waals surface area contributed by atoms with E-state index in [4.69, 9.17) is 11.0 Å². The molecule has 0 saturated heterocycles. The van der Waals surface area contributed by atoms with Gasteiger partial charge in [-0.15, -0.1) is 23.1 Å². The molecule has 0 aliphatic heterocycles. The number of nitrogens with two attached hydrogens (primary N) is 1. The Hall–Kier alpha value is -0.860. The van der Waals surface area contributed by atoms with Crippen LogP contribution in [0.4, 0.5) is 10.7 Å². The van der Waals surface area contributed by atoms with E-state index in [2.05, 4.69) is 32.2 Å². The number of nitrogen functional groups attached to an aromatic ring is 1. The lowest BCUT2D eigenvalue weighted by atomic mass is 10.1. The molecule has 88 valence electrons. The molecule has 1 aromatic heterocycles. The number of hydrogen-bond donors (Lipinski definition) is 2. The van der Waals surface area contributed by atoms with Crippen molar-refractivity contribution in [2.75, 3.05) is 17.3 Å². The molecule has 1 atom stereocenters. The van der Waals surface area contributed by atoms with Gasteiger partial charge in [0.1, 0.15) is 15.9 Å². The van der Waals surface area contributed by atoms with Gasteiger partial charge in [-0.3, -0.25) is 0 Å². The number of thiophene rings is 1. The van der Waals surface area contributed by atoms with Gasteiger partial charge in [-0.1, -0.05) is 13.8 Å². The fourth-order valence-corrected chi connectivity index (χ4v) is 3.10. The molecule has 5 heteroatoms. The second-order valence-corrected chi connectivity index (χ2v) is 5.83. The number of anilines is 2. The monoisotopic (exact) mass is 255 g/mol. The van der Waals surface area contributed by atoms with Crippen molar-refractivity contribution < 1.29 is 0 Å². The molecule has 0 aromatic carbocycles. The lowest BCUT2D eigenvalue weighted by Crippen LogP contribution is -2.21. The first kappa shape index (κ1) is 13.2. The topological polar surface area (TPSA) is 61.8 Å². The van der Waals surface area contributed by atoms with Gasteiger partial charge in [-0.05, 0) is 19.1 Å². The Morgan fingerprint density at radius 3 is 2.50 bits per heavy atom. The van der Waals surface area contributed by atoms with Gasteiger partial charge in [-0.2, -0.15) is 5.26 Å². The van der Waals surface area contributed by atoms with Gasteiger partial charge < -0.3 is 11.1 Å². The van der Waals surface area contributed by atoms with Crippen molar-refractivity contribution in [3.63, 3.8) is 0 Å². The zero-order chi connectivity index (χ0) is 12.3. The fraction of sp³-hybridized carbons (Fsp3) is 0.545. The molecule has 0 fully saturated rings. The molecule has 0 aliphatic rings. The molecule has 1 rings (SSSR count). The van der Waals surface area contributed by atoms with Crippen LogP contribution in [0.5, 0.6) is 0 Å². The van der Waals surface area contributed by atoms with Crippen molar-refractivity contribution in [1.82, 2.24) is 0 Å². The molecule has 0 amide bonds. The summed E-state index contributed by atoms with van der Waals surface area (Å²) in [5, 5.41) is 13.4. The van der Waals surface area contributed by atoms with E-state index in [-0.39, 0.29) is 0 Å². The summed E-state index contributed by atoms with van der Waals surface area (Å²) in [6.45, 7) is 6.47. The summed E-state index contributed by atoms with van der Waals surface area (Å²) in [6.07, 6.45) is 1.98. The minimum absolute atomic E-state index is 0.371. The second-order valence-electron chi connectivity index (χ2n) is 4.00. The number of rotatable bonds is 4. The van der Waals surface area contributed by atoms with Gasteiger partial charge in [0.2, 0.25) is 0 Å². The summed E-state index contributed by atoms with van der Waals surface area (Å²) >= 11 is 3.02. The molecule has 16 heavy (non-hydrogen) atoms. The van der Waals surface area contributed by atoms with E-state index in [9.17, 15) is 0 Å². The van der Waals surface area contributed by atoms with Gasteiger partial charge in [0, 0.05) is 6.04 Å². The van der Waals surface area contributed by atoms with E-state index >= 15 is 0 Å². The minimum Gasteiger partial charge on any atom is -0.396 e. The minimum atomic E-state index is 0.371. The molecule has 0 radical (unpaired) electrons. The highest BCUT2D eigenvalue weighted by atomic mass is 32.2. The average molecular weight is 255 g/mol. The third-order valence-corrected chi connectivity index (χ3v) is 4.57. The van der Waals surface area contributed by atoms with Crippen molar-refractivity contribution in [3.8, 4) is 6.07 Å². The highest BCUT2D eigenvalue weighted by Gasteiger charge is 2.17. The SMILES string of the molecule is CSc1c(NC(C)C(C)C)sc(C#N)c1N. The standard InChI is InChI=1S/C11H17N3S2/c1-6(2)7(3)14-11-10(15-4)9(13)8(5-12)16-11/h6-7,14H,13H2,1-4H3. The van der Waals surface area contributed by atoms with Crippen molar-refractivity contribution >= 4 is 33.8 Å². The van der Waals surface area contributed by atoms with Gasteiger partial charge in [-0.25, -0.2) is 0 Å². The number of thioether (sulfide) groups is 1. The quantitative estimate of drug-likeness (QED) is 0.810. The maximum atomic E-state index is 8.94. The van der Waals surface area contributed by atoms with Crippen LogP contribution in [0.25, 0.3) is 0 Å². The van der Waals surface area contributed by atoms with Crippen LogP contribution in [0.1, 0.15) is 25.6 Å². The molecule has 1 heterocycles. The van der Waals surface area contributed by atoms with Crippen LogP contribution in [0.2, 0.25) is 0 Å². The number of nitrogens with one attached hydrogen (secondary N) is 1. The van der Waals surface area contributed by atoms with E-state index in [1.165, 1.54) is 11.3 Å². The summed E-state index contributed by atoms with van der Waals surface area (Å²) in [6, 6.07) is 2.50. The van der Waals surface area contributed by atoms with E-state index in [1.54, 1.807) is 11.8 Å². The molecule has 3 N–H and O–H groups in total. The Morgan fingerprint density at radius 1 is 1.44 bits per heavy atom. The Labute approximate surface area is 105 Å². The molecule has 0 spiro atoms. The van der Waals surface area contributed by atoms with Crippen molar-refractivity contribution in [2.24, 2.45) is 5.92 Å². The van der Waals surface area contributed by atoms with Crippen LogP contribution < -0.4 is 11.1 Å². The number of nitriles is 1. The Bertz CT molecular complexity index is 404. The Balaban J connectivity index is 3.01. The maximum Gasteiger partial charge on any atom is 0.131 e. The molecule has 3 nitrogen and oxygen atoms in total. The summed E-state index contributed by atoms with van der Waals surface area (Å²) in [4.78, 5) is 1.59. The highest BCUT2D eigenvalue weighted by Crippen LogP contribution is 2.41. The zero-order valence-electron chi connectivity index (χ0n) is 10.00. The van der Waals surface area contributed by atoms with Crippen LogP contribution in [-0.2, 0) is 0 Å². The summed E-state index contributed by atoms with van der Waals surface area (Å²) in [5.41, 5.74) is 6.51. The van der Waals surface area contributed by atoms with E-state index < -0.39 is 0 Å². The van der Waals surface area contributed by atoms with Crippen molar-refractivity contribution in [3.05, 3.63) is 4.88 Å². The third kappa shape index (κ3) is 2.63. The van der Waals surface area contributed by atoms with E-state index in [0.717, 1.165) is 9.90 Å². The molecular weight excluding hydrogens is 238 g/mol. The molecule has 0 saturated carbocycles. The van der Waals surface area contributed by atoms with Crippen molar-refractivity contribution in [1.29, 1.82) is 5.26 Å². The van der Waals surface area contributed by atoms with Gasteiger partial charge in [0.05, 0.1) is 10.6 Å². The third-order valence-electron chi connectivity index (χ3n) is 2.56. The van der Waals surface area contributed by atoms with E-state index in [1.807, 2.05) is 6.26 Å². The molecule has 1 unspecified atom stereocenters. The van der Waals surface area contributed by atoms with Crippen LogP contribution in [0.15, 0.2) is 4.90 Å². The smallest absolute Gasteiger partial charge is 0.131 e. The average Bonchev–Trinajstić information content (AvgIpc) is 2.54. The van der Waals surface area contributed by atoms with E-state index in [0.29, 0.717) is 22.5 Å². The lowest BCUT2D eigenvalue weighted by Gasteiger charge is -2.18. The summed E-state index contributed by atoms with van der Waals surface area (Å²) in [5.74, 6) is 0.545.